The van der Waals surface area contributed by atoms with Crippen molar-refractivity contribution in [2.45, 2.75) is 12.8 Å². The third-order valence-corrected chi connectivity index (χ3v) is 3.74. The van der Waals surface area contributed by atoms with Crippen molar-refractivity contribution in [3.05, 3.63) is 29.8 Å². The van der Waals surface area contributed by atoms with Crippen molar-refractivity contribution in [2.75, 3.05) is 32.1 Å². The molecule has 1 aliphatic rings. The third kappa shape index (κ3) is 3.10. The molecule has 20 heavy (non-hydrogen) atoms. The predicted octanol–water partition coefficient (Wildman–Crippen LogP) is 1.69. The van der Waals surface area contributed by atoms with E-state index in [0.717, 1.165) is 5.69 Å². The Morgan fingerprint density at radius 2 is 1.90 bits per heavy atom. The summed E-state index contributed by atoms with van der Waals surface area (Å²) in [5.41, 5.74) is 1.64. The van der Waals surface area contributed by atoms with Gasteiger partial charge in [0.1, 0.15) is 0 Å². The minimum absolute atomic E-state index is 0.0162. The topological polar surface area (TPSA) is 60.9 Å². The second-order valence-electron chi connectivity index (χ2n) is 5.35. The highest BCUT2D eigenvalue weighted by Crippen LogP contribution is 2.21. The number of carboxylic acids is 1. The first-order valence-electron chi connectivity index (χ1n) is 6.78. The second kappa shape index (κ2) is 5.94. The van der Waals surface area contributed by atoms with E-state index in [0.29, 0.717) is 31.5 Å². The fourth-order valence-electron chi connectivity index (χ4n) is 2.43. The lowest BCUT2D eigenvalue weighted by Gasteiger charge is -2.30. The van der Waals surface area contributed by atoms with Crippen LogP contribution in [0.3, 0.4) is 0 Å². The van der Waals surface area contributed by atoms with Gasteiger partial charge >= 0.3 is 5.97 Å². The van der Waals surface area contributed by atoms with Crippen LogP contribution in [0.1, 0.15) is 23.2 Å². The maximum absolute atomic E-state index is 12.4. The zero-order chi connectivity index (χ0) is 14.7. The molecule has 1 saturated heterocycles. The van der Waals surface area contributed by atoms with Gasteiger partial charge in [-0.3, -0.25) is 9.59 Å². The first kappa shape index (κ1) is 14.4. The first-order chi connectivity index (χ1) is 9.49. The largest absolute Gasteiger partial charge is 0.481 e. The number of hydrogen-bond acceptors (Lipinski definition) is 3. The van der Waals surface area contributed by atoms with Crippen molar-refractivity contribution in [1.82, 2.24) is 4.90 Å². The number of amides is 1. The summed E-state index contributed by atoms with van der Waals surface area (Å²) in [7, 11) is 3.86. The van der Waals surface area contributed by atoms with Crippen LogP contribution in [0.15, 0.2) is 24.3 Å². The van der Waals surface area contributed by atoms with E-state index in [1.807, 2.05) is 37.2 Å². The van der Waals surface area contributed by atoms with Crippen LogP contribution < -0.4 is 4.90 Å². The van der Waals surface area contributed by atoms with Crippen molar-refractivity contribution in [3.8, 4) is 0 Å². The molecule has 0 unspecified atom stereocenters. The summed E-state index contributed by atoms with van der Waals surface area (Å²) in [6.07, 6.45) is 1.07. The number of carboxylic acid groups (broad SMARTS) is 1. The van der Waals surface area contributed by atoms with Crippen molar-refractivity contribution in [3.63, 3.8) is 0 Å². The van der Waals surface area contributed by atoms with Gasteiger partial charge in [-0.2, -0.15) is 0 Å². The van der Waals surface area contributed by atoms with Gasteiger partial charge in [-0.15, -0.1) is 0 Å². The van der Waals surface area contributed by atoms with Crippen LogP contribution in [-0.4, -0.2) is 49.1 Å². The van der Waals surface area contributed by atoms with E-state index in [-0.39, 0.29) is 11.8 Å². The molecule has 108 valence electrons. The van der Waals surface area contributed by atoms with E-state index in [4.69, 9.17) is 5.11 Å². The fourth-order valence-corrected chi connectivity index (χ4v) is 2.43. The van der Waals surface area contributed by atoms with Crippen molar-refractivity contribution >= 4 is 17.6 Å². The van der Waals surface area contributed by atoms with Crippen molar-refractivity contribution in [2.24, 2.45) is 5.92 Å². The maximum atomic E-state index is 12.4. The Labute approximate surface area is 118 Å². The molecule has 1 aromatic carbocycles. The molecule has 1 fully saturated rings. The van der Waals surface area contributed by atoms with E-state index in [2.05, 4.69) is 0 Å². The van der Waals surface area contributed by atoms with Gasteiger partial charge in [0.25, 0.3) is 5.91 Å². The molecule has 1 heterocycles. The van der Waals surface area contributed by atoms with Gasteiger partial charge in [0, 0.05) is 38.4 Å². The second-order valence-corrected chi connectivity index (χ2v) is 5.35. The number of aliphatic carboxylic acids is 1. The Bertz CT molecular complexity index is 506. The molecule has 1 amide bonds. The maximum Gasteiger partial charge on any atom is 0.306 e. The number of carbonyl (C=O) groups is 2. The van der Waals surface area contributed by atoms with Crippen LogP contribution in [-0.2, 0) is 4.79 Å². The summed E-state index contributed by atoms with van der Waals surface area (Å²) in [6, 6.07) is 7.49. The average molecular weight is 276 g/mol. The Balaban J connectivity index is 2.05. The SMILES string of the molecule is CN(C)c1cccc(C(=O)N2CCC(C(=O)O)CC2)c1. The molecule has 2 rings (SSSR count). The quantitative estimate of drug-likeness (QED) is 0.912. The number of piperidine rings is 1. The lowest BCUT2D eigenvalue weighted by Crippen LogP contribution is -2.40. The van der Waals surface area contributed by atoms with E-state index in [1.165, 1.54) is 0 Å². The minimum atomic E-state index is -0.758. The molecule has 1 N–H and O–H groups in total. The first-order valence-corrected chi connectivity index (χ1v) is 6.78. The van der Waals surface area contributed by atoms with E-state index < -0.39 is 5.97 Å². The molecular formula is C15H20N2O3. The zero-order valence-corrected chi connectivity index (χ0v) is 11.9. The number of likely N-dealkylation sites (tertiary alicyclic amines) is 1. The molecule has 0 atom stereocenters. The molecule has 1 aliphatic heterocycles. The van der Waals surface area contributed by atoms with Crippen LogP contribution in [0.4, 0.5) is 5.69 Å². The van der Waals surface area contributed by atoms with E-state index in [9.17, 15) is 9.59 Å². The summed E-state index contributed by atoms with van der Waals surface area (Å²) < 4.78 is 0. The number of anilines is 1. The van der Waals surface area contributed by atoms with Gasteiger partial charge < -0.3 is 14.9 Å². The lowest BCUT2D eigenvalue weighted by atomic mass is 9.96. The summed E-state index contributed by atoms with van der Waals surface area (Å²) in [5, 5.41) is 8.97. The highest BCUT2D eigenvalue weighted by Gasteiger charge is 2.27. The fraction of sp³-hybridized carbons (Fsp3) is 0.467. The average Bonchev–Trinajstić information content (AvgIpc) is 2.46. The van der Waals surface area contributed by atoms with Crippen molar-refractivity contribution < 1.29 is 14.7 Å². The van der Waals surface area contributed by atoms with Crippen LogP contribution in [0.2, 0.25) is 0 Å². The minimum Gasteiger partial charge on any atom is -0.481 e. The number of nitrogens with zero attached hydrogens (tertiary/aromatic N) is 2. The smallest absolute Gasteiger partial charge is 0.306 e. The Morgan fingerprint density at radius 1 is 1.25 bits per heavy atom. The third-order valence-electron chi connectivity index (χ3n) is 3.74. The molecule has 0 bridgehead atoms. The molecule has 5 heteroatoms. The zero-order valence-electron chi connectivity index (χ0n) is 11.9. The van der Waals surface area contributed by atoms with Gasteiger partial charge in [0.05, 0.1) is 5.92 Å². The molecule has 5 nitrogen and oxygen atoms in total. The van der Waals surface area contributed by atoms with Crippen LogP contribution in [0.5, 0.6) is 0 Å². The number of hydrogen-bond donors (Lipinski definition) is 1. The molecule has 0 radical (unpaired) electrons. The lowest BCUT2D eigenvalue weighted by molar-refractivity contribution is -0.143. The number of benzene rings is 1. The number of rotatable bonds is 3. The molecular weight excluding hydrogens is 256 g/mol. The van der Waals surface area contributed by atoms with Gasteiger partial charge in [-0.05, 0) is 31.0 Å². The molecule has 0 saturated carbocycles. The standard InChI is InChI=1S/C15H20N2O3/c1-16(2)13-5-3-4-12(10-13)14(18)17-8-6-11(7-9-17)15(19)20/h3-5,10-11H,6-9H2,1-2H3,(H,19,20). The molecule has 0 aromatic heterocycles. The Kier molecular flexibility index (Phi) is 4.27. The molecule has 1 aromatic rings. The van der Waals surface area contributed by atoms with Crippen molar-refractivity contribution in [1.29, 1.82) is 0 Å². The van der Waals surface area contributed by atoms with Crippen LogP contribution in [0, 0.1) is 5.92 Å². The van der Waals surface area contributed by atoms with Gasteiger partial charge in [0.15, 0.2) is 0 Å². The summed E-state index contributed by atoms with van der Waals surface area (Å²) in [6.45, 7) is 1.03. The predicted molar refractivity (Wildman–Crippen MR) is 77.0 cm³/mol. The van der Waals surface area contributed by atoms with E-state index in [1.54, 1.807) is 11.0 Å². The van der Waals surface area contributed by atoms with Crippen LogP contribution >= 0.6 is 0 Å². The summed E-state index contributed by atoms with van der Waals surface area (Å²) in [5.74, 6) is -1.09. The van der Waals surface area contributed by atoms with Gasteiger partial charge in [-0.25, -0.2) is 0 Å². The normalized spacial score (nSPS) is 16.0. The molecule has 0 spiro atoms. The Hall–Kier alpha value is -2.04. The van der Waals surface area contributed by atoms with Crippen LogP contribution in [0.25, 0.3) is 0 Å². The number of carbonyl (C=O) groups excluding carboxylic acids is 1. The monoisotopic (exact) mass is 276 g/mol. The highest BCUT2D eigenvalue weighted by atomic mass is 16.4. The van der Waals surface area contributed by atoms with Gasteiger partial charge in [0.2, 0.25) is 0 Å². The molecule has 0 aliphatic carbocycles. The Morgan fingerprint density at radius 3 is 2.45 bits per heavy atom. The summed E-state index contributed by atoms with van der Waals surface area (Å²) >= 11 is 0. The van der Waals surface area contributed by atoms with Gasteiger partial charge in [-0.1, -0.05) is 6.07 Å². The highest BCUT2D eigenvalue weighted by molar-refractivity contribution is 5.95. The van der Waals surface area contributed by atoms with E-state index >= 15 is 0 Å². The summed E-state index contributed by atoms with van der Waals surface area (Å²) in [4.78, 5) is 27.0.